The molecule has 1 unspecified atom stereocenters. The number of H-pyrrole nitrogens is 1. The molecule has 0 fully saturated rings. The van der Waals surface area contributed by atoms with Gasteiger partial charge in [-0.15, -0.1) is 11.8 Å². The van der Waals surface area contributed by atoms with Gasteiger partial charge in [0.25, 0.3) is 5.56 Å². The summed E-state index contributed by atoms with van der Waals surface area (Å²) in [7, 11) is 1.30. The summed E-state index contributed by atoms with van der Waals surface area (Å²) in [6, 6.07) is 8.61. The second-order valence-electron chi connectivity index (χ2n) is 9.40. The van der Waals surface area contributed by atoms with Crippen LogP contribution in [0.1, 0.15) is 34.0 Å². The van der Waals surface area contributed by atoms with Gasteiger partial charge >= 0.3 is 6.18 Å². The summed E-state index contributed by atoms with van der Waals surface area (Å²) in [5, 5.41) is 10.4. The topological polar surface area (TPSA) is 71.9 Å². The molecule has 2 aromatic carbocycles. The number of pyridine rings is 1. The molecule has 3 heterocycles. The monoisotopic (exact) mass is 576 g/mol. The summed E-state index contributed by atoms with van der Waals surface area (Å²) in [5.74, 6) is -1.40. The van der Waals surface area contributed by atoms with Crippen molar-refractivity contribution in [2.75, 3.05) is 19.4 Å². The van der Waals surface area contributed by atoms with E-state index in [9.17, 15) is 22.4 Å². The van der Waals surface area contributed by atoms with E-state index >= 15 is 4.39 Å². The second-order valence-corrected chi connectivity index (χ2v) is 10.4. The fourth-order valence-electron chi connectivity index (χ4n) is 5.04. The molecule has 0 bridgehead atoms. The molecule has 2 aromatic heterocycles. The molecule has 1 aliphatic rings. The van der Waals surface area contributed by atoms with Crippen molar-refractivity contribution in [3.05, 3.63) is 98.6 Å². The van der Waals surface area contributed by atoms with E-state index in [1.54, 1.807) is 19.2 Å². The van der Waals surface area contributed by atoms with Crippen molar-refractivity contribution < 1.29 is 26.7 Å². The van der Waals surface area contributed by atoms with Crippen LogP contribution in [0.5, 0.6) is 5.75 Å². The largest absolute Gasteiger partial charge is 0.494 e. The molecule has 0 saturated heterocycles. The lowest BCUT2D eigenvalue weighted by molar-refractivity contribution is -0.138. The Morgan fingerprint density at radius 1 is 1.15 bits per heavy atom. The normalized spacial score (nSPS) is 14.9. The van der Waals surface area contributed by atoms with E-state index in [2.05, 4.69) is 15.5 Å². The SMILES string of the molecule is COc1cccc(-c2c(C)c(Cc3c(F)cccc3C(F)(F)F)c3n(c2=O)C(CNCc2ccn[nH]2)CS3)c1F. The Hall–Kier alpha value is -3.64. The zero-order chi connectivity index (χ0) is 28.6. The number of methoxy groups -OCH3 is 1. The maximum Gasteiger partial charge on any atom is 0.416 e. The van der Waals surface area contributed by atoms with Gasteiger partial charge in [0.1, 0.15) is 5.82 Å². The quantitative estimate of drug-likeness (QED) is 0.257. The average Bonchev–Trinajstić information content (AvgIpc) is 3.58. The number of nitrogens with one attached hydrogen (secondary N) is 2. The lowest BCUT2D eigenvalue weighted by atomic mass is 9.92. The van der Waals surface area contributed by atoms with E-state index in [0.29, 0.717) is 35.0 Å². The van der Waals surface area contributed by atoms with Gasteiger partial charge in [-0.1, -0.05) is 18.2 Å². The fraction of sp³-hybridized carbons (Fsp3) is 0.286. The van der Waals surface area contributed by atoms with Crippen LogP contribution in [0.25, 0.3) is 11.1 Å². The minimum atomic E-state index is -4.78. The summed E-state index contributed by atoms with van der Waals surface area (Å²) >= 11 is 1.31. The number of hydrogen-bond acceptors (Lipinski definition) is 5. The first-order valence-corrected chi connectivity index (χ1v) is 13.4. The lowest BCUT2D eigenvalue weighted by Crippen LogP contribution is -2.33. The summed E-state index contributed by atoms with van der Waals surface area (Å²) in [6.45, 7) is 2.37. The number of thioether (sulfide) groups is 1. The number of rotatable bonds is 8. The van der Waals surface area contributed by atoms with Crippen molar-refractivity contribution in [3.8, 4) is 16.9 Å². The molecule has 40 heavy (non-hydrogen) atoms. The van der Waals surface area contributed by atoms with Gasteiger partial charge in [0.05, 0.1) is 29.3 Å². The van der Waals surface area contributed by atoms with E-state index < -0.39 is 40.9 Å². The number of fused-ring (bicyclic) bond motifs is 1. The molecule has 0 saturated carbocycles. The predicted molar refractivity (Wildman–Crippen MR) is 142 cm³/mol. The highest BCUT2D eigenvalue weighted by Crippen LogP contribution is 2.42. The van der Waals surface area contributed by atoms with Crippen LogP contribution in [0.2, 0.25) is 0 Å². The molecule has 0 spiro atoms. The standard InChI is InChI=1S/C28H25F5N4O2S/c1-15-19(11-20-21(28(31,32)33)6-4-7-22(20)29)27-37(17(14-40-27)13-34-12-16-9-10-35-36-16)26(38)24(15)18-5-3-8-23(39-2)25(18)30/h3-10,17,34H,11-14H2,1-2H3,(H,35,36). The molecule has 12 heteroatoms. The number of halogens is 5. The number of nitrogens with zero attached hydrogens (tertiary/aromatic N) is 2. The molecule has 0 aliphatic carbocycles. The third-order valence-electron chi connectivity index (χ3n) is 7.00. The van der Waals surface area contributed by atoms with Crippen molar-refractivity contribution in [2.24, 2.45) is 0 Å². The van der Waals surface area contributed by atoms with Crippen LogP contribution in [0, 0.1) is 18.6 Å². The van der Waals surface area contributed by atoms with Crippen LogP contribution >= 0.6 is 11.8 Å². The number of aromatic amines is 1. The first-order valence-electron chi connectivity index (χ1n) is 12.4. The van der Waals surface area contributed by atoms with Crippen LogP contribution < -0.4 is 15.6 Å². The minimum Gasteiger partial charge on any atom is -0.494 e. The van der Waals surface area contributed by atoms with Crippen LogP contribution in [0.3, 0.4) is 0 Å². The molecular formula is C28H25F5N4O2S. The Labute approximate surface area is 230 Å². The van der Waals surface area contributed by atoms with Gasteiger partial charge in [-0.05, 0) is 42.3 Å². The maximum absolute atomic E-state index is 15.5. The highest BCUT2D eigenvalue weighted by molar-refractivity contribution is 7.99. The van der Waals surface area contributed by atoms with Gasteiger partial charge in [0.2, 0.25) is 0 Å². The van der Waals surface area contributed by atoms with Gasteiger partial charge in [-0.3, -0.25) is 14.5 Å². The molecule has 0 amide bonds. The second kappa shape index (κ2) is 11.1. The first kappa shape index (κ1) is 27.9. The maximum atomic E-state index is 15.5. The van der Waals surface area contributed by atoms with Crippen LogP contribution in [0.4, 0.5) is 22.0 Å². The third kappa shape index (κ3) is 5.13. The van der Waals surface area contributed by atoms with Crippen molar-refractivity contribution >= 4 is 11.8 Å². The van der Waals surface area contributed by atoms with Crippen molar-refractivity contribution in [3.63, 3.8) is 0 Å². The Kier molecular flexibility index (Phi) is 7.74. The number of aromatic nitrogens is 3. The van der Waals surface area contributed by atoms with E-state index in [1.165, 1.54) is 41.6 Å². The molecular weight excluding hydrogens is 551 g/mol. The van der Waals surface area contributed by atoms with Gasteiger partial charge in [-0.25, -0.2) is 8.78 Å². The Bertz CT molecular complexity index is 1600. The molecule has 4 aromatic rings. The Morgan fingerprint density at radius 2 is 1.93 bits per heavy atom. The van der Waals surface area contributed by atoms with Crippen LogP contribution in [0.15, 0.2) is 58.5 Å². The number of ether oxygens (including phenoxy) is 1. The molecule has 1 atom stereocenters. The van der Waals surface area contributed by atoms with Crippen molar-refractivity contribution in [1.82, 2.24) is 20.1 Å². The summed E-state index contributed by atoms with van der Waals surface area (Å²) < 4.78 is 78.6. The highest BCUT2D eigenvalue weighted by Gasteiger charge is 2.36. The zero-order valence-electron chi connectivity index (χ0n) is 21.5. The molecule has 5 rings (SSSR count). The summed E-state index contributed by atoms with van der Waals surface area (Å²) in [6.07, 6.45) is -3.60. The zero-order valence-corrected chi connectivity index (χ0v) is 22.4. The fourth-order valence-corrected chi connectivity index (χ4v) is 6.43. The Balaban J connectivity index is 1.67. The molecule has 6 nitrogen and oxygen atoms in total. The predicted octanol–water partition coefficient (Wildman–Crippen LogP) is 5.88. The summed E-state index contributed by atoms with van der Waals surface area (Å²) in [5.41, 5.74) is -0.672. The number of benzene rings is 2. The number of alkyl halides is 3. The molecule has 2 N–H and O–H groups in total. The van der Waals surface area contributed by atoms with E-state index in [0.717, 1.165) is 23.9 Å². The van der Waals surface area contributed by atoms with Crippen molar-refractivity contribution in [1.29, 1.82) is 0 Å². The third-order valence-corrected chi connectivity index (χ3v) is 8.27. The number of hydrogen-bond donors (Lipinski definition) is 2. The molecule has 1 aliphatic heterocycles. The highest BCUT2D eigenvalue weighted by atomic mass is 32.2. The van der Waals surface area contributed by atoms with Gasteiger partial charge in [0.15, 0.2) is 11.6 Å². The van der Waals surface area contributed by atoms with Gasteiger partial charge in [0, 0.05) is 48.3 Å². The van der Waals surface area contributed by atoms with E-state index in [1.807, 2.05) is 0 Å². The minimum absolute atomic E-state index is 0.00103. The lowest BCUT2D eigenvalue weighted by Gasteiger charge is -2.22. The Morgan fingerprint density at radius 3 is 2.62 bits per heavy atom. The van der Waals surface area contributed by atoms with Crippen LogP contribution in [-0.2, 0) is 19.1 Å². The average molecular weight is 577 g/mol. The van der Waals surface area contributed by atoms with E-state index in [4.69, 9.17) is 4.74 Å². The van der Waals surface area contributed by atoms with Gasteiger partial charge < -0.3 is 10.1 Å². The smallest absolute Gasteiger partial charge is 0.416 e. The molecule has 0 radical (unpaired) electrons. The first-order chi connectivity index (χ1) is 19.1. The van der Waals surface area contributed by atoms with Crippen molar-refractivity contribution in [2.45, 2.75) is 37.1 Å². The summed E-state index contributed by atoms with van der Waals surface area (Å²) in [4.78, 5) is 14.0. The van der Waals surface area contributed by atoms with E-state index in [-0.39, 0.29) is 22.9 Å². The molecule has 210 valence electrons. The van der Waals surface area contributed by atoms with Gasteiger partial charge in [-0.2, -0.15) is 18.3 Å². The van der Waals surface area contributed by atoms with Crippen LogP contribution in [-0.4, -0.2) is 34.2 Å².